The molecular weight excluding hydrogens is 363 g/mol. The highest BCUT2D eigenvalue weighted by atomic mass is 35.5. The van der Waals surface area contributed by atoms with Crippen molar-refractivity contribution in [1.29, 1.82) is 0 Å². The zero-order chi connectivity index (χ0) is 18.0. The molecule has 2 aromatic carbocycles. The lowest BCUT2D eigenvalue weighted by atomic mass is 10.1. The van der Waals surface area contributed by atoms with Gasteiger partial charge in [-0.05, 0) is 30.7 Å². The van der Waals surface area contributed by atoms with Crippen molar-refractivity contribution in [3.05, 3.63) is 64.9 Å². The normalized spacial score (nSPS) is 17.8. The lowest BCUT2D eigenvalue weighted by Gasteiger charge is -2.38. The molecule has 0 aliphatic carbocycles. The van der Waals surface area contributed by atoms with Gasteiger partial charge in [-0.15, -0.1) is 0 Å². The van der Waals surface area contributed by atoms with Gasteiger partial charge in [-0.2, -0.15) is 0 Å². The minimum Gasteiger partial charge on any atom is -0.331 e. The van der Waals surface area contributed by atoms with Gasteiger partial charge in [-0.25, -0.2) is 9.18 Å². The minimum absolute atomic E-state index is 0.220. The van der Waals surface area contributed by atoms with Gasteiger partial charge in [-0.1, -0.05) is 53.7 Å². The van der Waals surface area contributed by atoms with Gasteiger partial charge in [0.15, 0.2) is 0 Å². The Morgan fingerprint density at radius 2 is 2.04 bits per heavy atom. The fraction of sp³-hybridized carbons (Fsp3) is 0.222. The number of hydrogen-bond donors (Lipinski definition) is 1. The number of imide groups is 1. The van der Waals surface area contributed by atoms with Crippen molar-refractivity contribution in [2.45, 2.75) is 29.7 Å². The molecule has 3 amide bonds. The number of hydrogen-bond acceptors (Lipinski definition) is 3. The summed E-state index contributed by atoms with van der Waals surface area (Å²) in [4.78, 5) is 26.2. The van der Waals surface area contributed by atoms with Crippen LogP contribution < -0.4 is 5.32 Å². The summed E-state index contributed by atoms with van der Waals surface area (Å²) in [6, 6.07) is 12.9. The molecule has 0 saturated carbocycles. The van der Waals surface area contributed by atoms with E-state index >= 15 is 0 Å². The van der Waals surface area contributed by atoms with E-state index in [1.165, 1.54) is 28.8 Å². The summed E-state index contributed by atoms with van der Waals surface area (Å²) >= 11 is 7.29. The number of carbonyl (C=O) groups excluding carboxylic acids is 2. The highest BCUT2D eigenvalue weighted by Crippen LogP contribution is 2.38. The molecule has 0 aromatic heterocycles. The van der Waals surface area contributed by atoms with Crippen molar-refractivity contribution in [3.63, 3.8) is 0 Å². The second kappa shape index (κ2) is 7.45. The van der Waals surface area contributed by atoms with Crippen LogP contribution in [0.15, 0.2) is 53.4 Å². The molecule has 1 heterocycles. The molecule has 1 aliphatic rings. The first-order valence-corrected chi connectivity index (χ1v) is 9.00. The molecule has 0 spiro atoms. The van der Waals surface area contributed by atoms with Crippen molar-refractivity contribution in [2.75, 3.05) is 0 Å². The van der Waals surface area contributed by atoms with Crippen LogP contribution in [0.4, 0.5) is 9.18 Å². The Hall–Kier alpha value is -2.05. The maximum Gasteiger partial charge on any atom is 0.325 e. The number of β-lactam (4-membered cyclic amide) rings is 1. The summed E-state index contributed by atoms with van der Waals surface area (Å²) in [5, 5.41) is 2.75. The molecule has 1 saturated heterocycles. The second-order valence-electron chi connectivity index (χ2n) is 5.70. The maximum atomic E-state index is 13.1. The first-order chi connectivity index (χ1) is 12.0. The Morgan fingerprint density at radius 1 is 1.32 bits per heavy atom. The molecule has 1 aliphatic heterocycles. The van der Waals surface area contributed by atoms with Crippen molar-refractivity contribution in [1.82, 2.24) is 10.2 Å². The Bertz CT molecular complexity index is 803. The number of nitrogens with zero attached hydrogens (tertiary/aromatic N) is 1. The Kier molecular flexibility index (Phi) is 5.30. The monoisotopic (exact) mass is 378 g/mol. The average molecular weight is 379 g/mol. The van der Waals surface area contributed by atoms with Crippen LogP contribution in [0.2, 0.25) is 5.02 Å². The first kappa shape index (κ1) is 17.8. The van der Waals surface area contributed by atoms with E-state index < -0.39 is 11.8 Å². The number of thioether (sulfide) groups is 1. The molecule has 2 atom stereocenters. The van der Waals surface area contributed by atoms with Crippen LogP contribution in [0.3, 0.4) is 0 Å². The van der Waals surface area contributed by atoms with Crippen molar-refractivity contribution in [3.8, 4) is 0 Å². The third kappa shape index (κ3) is 3.96. The van der Waals surface area contributed by atoms with Crippen LogP contribution in [0, 0.1) is 5.82 Å². The predicted octanol–water partition coefficient (Wildman–Crippen LogP) is 4.60. The minimum atomic E-state index is -0.441. The molecule has 2 aromatic rings. The van der Waals surface area contributed by atoms with E-state index in [1.807, 2.05) is 37.3 Å². The van der Waals surface area contributed by atoms with Gasteiger partial charge < -0.3 is 5.32 Å². The maximum absolute atomic E-state index is 13.1. The van der Waals surface area contributed by atoms with Crippen molar-refractivity contribution in [2.24, 2.45) is 0 Å². The number of amides is 3. The van der Waals surface area contributed by atoms with Gasteiger partial charge in [0.05, 0.1) is 17.5 Å². The molecule has 7 heteroatoms. The van der Waals surface area contributed by atoms with Gasteiger partial charge in [0.25, 0.3) is 0 Å². The second-order valence-corrected chi connectivity index (χ2v) is 7.32. The molecular formula is C18H16ClFN2O2S. The van der Waals surface area contributed by atoms with Gasteiger partial charge in [0, 0.05) is 4.90 Å². The van der Waals surface area contributed by atoms with Crippen LogP contribution in [0.5, 0.6) is 0 Å². The number of halogens is 2. The number of rotatable bonds is 4. The predicted molar refractivity (Wildman–Crippen MR) is 95.9 cm³/mol. The van der Waals surface area contributed by atoms with E-state index in [0.29, 0.717) is 4.90 Å². The molecule has 0 bridgehead atoms. The van der Waals surface area contributed by atoms with Crippen LogP contribution in [-0.4, -0.2) is 22.2 Å². The highest BCUT2D eigenvalue weighted by molar-refractivity contribution is 8.00. The summed E-state index contributed by atoms with van der Waals surface area (Å²) in [7, 11) is 0. The fourth-order valence-electron chi connectivity index (χ4n) is 2.52. The third-order valence-corrected chi connectivity index (χ3v) is 5.61. The molecule has 1 N–H and O–H groups in total. The number of likely N-dealkylation sites (tertiary alicyclic amines) is 1. The van der Waals surface area contributed by atoms with E-state index in [2.05, 4.69) is 5.32 Å². The molecule has 4 nitrogen and oxygen atoms in total. The van der Waals surface area contributed by atoms with E-state index in [4.69, 9.17) is 11.6 Å². The van der Waals surface area contributed by atoms with Crippen LogP contribution in [-0.2, 0) is 4.79 Å². The number of urea groups is 1. The molecule has 1 fully saturated rings. The topological polar surface area (TPSA) is 49.4 Å². The largest absolute Gasteiger partial charge is 0.331 e. The lowest BCUT2D eigenvalue weighted by molar-refractivity contribution is -0.137. The van der Waals surface area contributed by atoms with E-state index in [-0.39, 0.29) is 28.8 Å². The Morgan fingerprint density at radius 3 is 2.68 bits per heavy atom. The smallest absolute Gasteiger partial charge is 0.325 e. The number of carbonyl (C=O) groups is 2. The first-order valence-electron chi connectivity index (χ1n) is 7.75. The molecule has 25 heavy (non-hydrogen) atoms. The molecule has 0 unspecified atom stereocenters. The van der Waals surface area contributed by atoms with Gasteiger partial charge in [-0.3, -0.25) is 9.69 Å². The van der Waals surface area contributed by atoms with Crippen molar-refractivity contribution < 1.29 is 14.0 Å². The lowest BCUT2D eigenvalue weighted by Crippen LogP contribution is -2.57. The van der Waals surface area contributed by atoms with Crippen LogP contribution >= 0.6 is 23.4 Å². The average Bonchev–Trinajstić information content (AvgIpc) is 2.57. The number of nitrogens with one attached hydrogen (secondary N) is 1. The quantitative estimate of drug-likeness (QED) is 0.791. The molecule has 3 rings (SSSR count). The zero-order valence-electron chi connectivity index (χ0n) is 13.4. The summed E-state index contributed by atoms with van der Waals surface area (Å²) < 4.78 is 13.1. The SMILES string of the molecule is C[C@@H](NC(=O)N1C(=O)C[C@@H]1Sc1ccc(F)cc1Cl)c1ccccc1. The number of benzene rings is 2. The standard InChI is InChI=1S/C18H16ClFN2O2S/c1-11(12-5-3-2-4-6-12)21-18(24)22-16(23)10-17(22)25-15-8-7-13(20)9-14(15)19/h2-9,11,17H,10H2,1H3,(H,21,24)/t11-,17+/m1/s1. The Labute approximate surface area is 154 Å². The van der Waals surface area contributed by atoms with Gasteiger partial charge >= 0.3 is 6.03 Å². The highest BCUT2D eigenvalue weighted by Gasteiger charge is 2.42. The van der Waals surface area contributed by atoms with Crippen LogP contribution in [0.25, 0.3) is 0 Å². The molecule has 130 valence electrons. The third-order valence-electron chi connectivity index (χ3n) is 3.92. The van der Waals surface area contributed by atoms with E-state index in [0.717, 1.165) is 5.56 Å². The van der Waals surface area contributed by atoms with Crippen LogP contribution in [0.1, 0.15) is 24.9 Å². The van der Waals surface area contributed by atoms with Gasteiger partial charge in [0.2, 0.25) is 5.91 Å². The summed E-state index contributed by atoms with van der Waals surface area (Å²) in [5.41, 5.74) is 0.953. The van der Waals surface area contributed by atoms with Crippen molar-refractivity contribution >= 4 is 35.3 Å². The summed E-state index contributed by atoms with van der Waals surface area (Å²) in [6.45, 7) is 1.86. The summed E-state index contributed by atoms with van der Waals surface area (Å²) in [6.07, 6.45) is 0.242. The molecule has 0 radical (unpaired) electrons. The van der Waals surface area contributed by atoms with E-state index in [1.54, 1.807) is 6.07 Å². The van der Waals surface area contributed by atoms with E-state index in [9.17, 15) is 14.0 Å². The fourth-order valence-corrected chi connectivity index (χ4v) is 3.98. The van der Waals surface area contributed by atoms with Gasteiger partial charge in [0.1, 0.15) is 11.2 Å². The summed E-state index contributed by atoms with van der Waals surface area (Å²) in [5.74, 6) is -0.668. The Balaban J connectivity index is 1.66. The zero-order valence-corrected chi connectivity index (χ0v) is 15.0.